The van der Waals surface area contributed by atoms with Crippen molar-refractivity contribution in [3.05, 3.63) is 47.0 Å². The van der Waals surface area contributed by atoms with Gasteiger partial charge in [-0.2, -0.15) is 5.10 Å². The quantitative estimate of drug-likeness (QED) is 0.936. The molecule has 0 fully saturated rings. The molecule has 0 saturated heterocycles. The summed E-state index contributed by atoms with van der Waals surface area (Å²) in [6.45, 7) is 7.37. The van der Waals surface area contributed by atoms with Gasteiger partial charge in [0.25, 0.3) is 5.91 Å². The molecule has 1 aromatic heterocycles. The van der Waals surface area contributed by atoms with Crippen LogP contribution in [0.1, 0.15) is 47.9 Å². The fourth-order valence-corrected chi connectivity index (χ4v) is 2.95. The molecular weight excluding hydrogens is 309 g/mol. The van der Waals surface area contributed by atoms with Crippen molar-refractivity contribution < 1.29 is 13.9 Å². The largest absolute Gasteiger partial charge is 0.493 e. The number of aromatic nitrogens is 2. The van der Waals surface area contributed by atoms with Crippen LogP contribution in [0.25, 0.3) is 0 Å². The summed E-state index contributed by atoms with van der Waals surface area (Å²) in [7, 11) is 0. The summed E-state index contributed by atoms with van der Waals surface area (Å²) in [6, 6.07) is 4.14. The SMILES string of the molecule is Cc1c(C(=O)NC2CCOc3ccc(F)cc32)cnn1CC(C)C. The van der Waals surface area contributed by atoms with Crippen molar-refractivity contribution in [2.75, 3.05) is 6.61 Å². The first-order valence-corrected chi connectivity index (χ1v) is 8.21. The van der Waals surface area contributed by atoms with E-state index in [1.165, 1.54) is 12.1 Å². The number of nitrogens with one attached hydrogen (secondary N) is 1. The fraction of sp³-hybridized carbons (Fsp3) is 0.444. The molecule has 2 heterocycles. The summed E-state index contributed by atoms with van der Waals surface area (Å²) >= 11 is 0. The summed E-state index contributed by atoms with van der Waals surface area (Å²) in [5.41, 5.74) is 2.08. The van der Waals surface area contributed by atoms with E-state index in [-0.39, 0.29) is 17.8 Å². The smallest absolute Gasteiger partial charge is 0.255 e. The van der Waals surface area contributed by atoms with Crippen molar-refractivity contribution >= 4 is 5.91 Å². The predicted octanol–water partition coefficient (Wildman–Crippen LogP) is 3.24. The van der Waals surface area contributed by atoms with Crippen molar-refractivity contribution in [2.45, 2.75) is 39.8 Å². The molecule has 1 unspecified atom stereocenters. The Morgan fingerprint density at radius 3 is 3.04 bits per heavy atom. The molecule has 1 amide bonds. The van der Waals surface area contributed by atoms with E-state index in [2.05, 4.69) is 24.3 Å². The van der Waals surface area contributed by atoms with Crippen molar-refractivity contribution in [3.63, 3.8) is 0 Å². The zero-order valence-corrected chi connectivity index (χ0v) is 14.2. The molecule has 1 aliphatic heterocycles. The summed E-state index contributed by atoms with van der Waals surface area (Å²) in [5, 5.41) is 7.29. The highest BCUT2D eigenvalue weighted by Gasteiger charge is 2.25. The van der Waals surface area contributed by atoms with E-state index < -0.39 is 0 Å². The molecule has 0 spiro atoms. The van der Waals surface area contributed by atoms with Crippen LogP contribution < -0.4 is 10.1 Å². The van der Waals surface area contributed by atoms with E-state index in [4.69, 9.17) is 4.74 Å². The molecule has 24 heavy (non-hydrogen) atoms. The summed E-state index contributed by atoms with van der Waals surface area (Å²) in [6.07, 6.45) is 2.21. The molecule has 0 bridgehead atoms. The Bertz CT molecular complexity index is 755. The number of hydrogen-bond acceptors (Lipinski definition) is 3. The van der Waals surface area contributed by atoms with Gasteiger partial charge in [-0.25, -0.2) is 4.39 Å². The maximum atomic E-state index is 13.5. The lowest BCUT2D eigenvalue weighted by molar-refractivity contribution is 0.0923. The van der Waals surface area contributed by atoms with E-state index in [0.29, 0.717) is 35.8 Å². The number of carbonyl (C=O) groups excluding carboxylic acids is 1. The third-order valence-electron chi connectivity index (χ3n) is 4.20. The van der Waals surface area contributed by atoms with E-state index in [1.807, 2.05) is 11.6 Å². The third kappa shape index (κ3) is 3.27. The average Bonchev–Trinajstić information content (AvgIpc) is 2.88. The molecule has 0 radical (unpaired) electrons. The van der Waals surface area contributed by atoms with Crippen LogP contribution in [0.4, 0.5) is 4.39 Å². The maximum absolute atomic E-state index is 13.5. The van der Waals surface area contributed by atoms with Gasteiger partial charge in [0, 0.05) is 24.2 Å². The first-order chi connectivity index (χ1) is 11.5. The first kappa shape index (κ1) is 16.5. The van der Waals surface area contributed by atoms with Crippen LogP contribution in [0.3, 0.4) is 0 Å². The molecule has 1 atom stereocenters. The predicted molar refractivity (Wildman–Crippen MR) is 88.5 cm³/mol. The van der Waals surface area contributed by atoms with Gasteiger partial charge in [-0.05, 0) is 31.0 Å². The van der Waals surface area contributed by atoms with Gasteiger partial charge in [-0.3, -0.25) is 9.48 Å². The molecule has 5 nitrogen and oxygen atoms in total. The molecule has 128 valence electrons. The molecule has 1 aliphatic rings. The van der Waals surface area contributed by atoms with E-state index in [1.54, 1.807) is 12.3 Å². The molecule has 0 saturated carbocycles. The lowest BCUT2D eigenvalue weighted by atomic mass is 10.00. The van der Waals surface area contributed by atoms with Crippen molar-refractivity contribution in [1.29, 1.82) is 0 Å². The second-order valence-corrected chi connectivity index (χ2v) is 6.56. The van der Waals surface area contributed by atoms with Gasteiger partial charge in [0.2, 0.25) is 0 Å². The van der Waals surface area contributed by atoms with Crippen LogP contribution in [0.15, 0.2) is 24.4 Å². The van der Waals surface area contributed by atoms with Gasteiger partial charge in [0.15, 0.2) is 0 Å². The minimum atomic E-state index is -0.334. The molecule has 1 aromatic carbocycles. The van der Waals surface area contributed by atoms with Crippen molar-refractivity contribution in [2.24, 2.45) is 5.92 Å². The number of hydrogen-bond donors (Lipinski definition) is 1. The molecule has 3 rings (SSSR count). The normalized spacial score (nSPS) is 16.6. The second-order valence-electron chi connectivity index (χ2n) is 6.56. The lowest BCUT2D eigenvalue weighted by Crippen LogP contribution is -2.32. The Kier molecular flexibility index (Phi) is 4.55. The summed E-state index contributed by atoms with van der Waals surface area (Å²) < 4.78 is 20.9. The first-order valence-electron chi connectivity index (χ1n) is 8.21. The number of ether oxygens (including phenoxy) is 1. The number of fused-ring (bicyclic) bond motifs is 1. The number of halogens is 1. The third-order valence-corrected chi connectivity index (χ3v) is 4.20. The highest BCUT2D eigenvalue weighted by atomic mass is 19.1. The average molecular weight is 331 g/mol. The zero-order chi connectivity index (χ0) is 17.3. The van der Waals surface area contributed by atoms with Gasteiger partial charge < -0.3 is 10.1 Å². The van der Waals surface area contributed by atoms with Gasteiger partial charge in [0.05, 0.1) is 24.4 Å². The van der Waals surface area contributed by atoms with Crippen molar-refractivity contribution in [1.82, 2.24) is 15.1 Å². The van der Waals surface area contributed by atoms with Gasteiger partial charge in [-0.1, -0.05) is 13.8 Å². The van der Waals surface area contributed by atoms with Crippen LogP contribution in [0.2, 0.25) is 0 Å². The zero-order valence-electron chi connectivity index (χ0n) is 14.2. The van der Waals surface area contributed by atoms with Crippen LogP contribution in [0, 0.1) is 18.7 Å². The Labute approximate surface area is 140 Å². The van der Waals surface area contributed by atoms with Crippen LogP contribution in [0.5, 0.6) is 5.75 Å². The van der Waals surface area contributed by atoms with E-state index in [9.17, 15) is 9.18 Å². The van der Waals surface area contributed by atoms with E-state index in [0.717, 1.165) is 12.2 Å². The minimum Gasteiger partial charge on any atom is -0.493 e. The molecular formula is C18H22FN3O2. The highest BCUT2D eigenvalue weighted by Crippen LogP contribution is 2.32. The van der Waals surface area contributed by atoms with Crippen LogP contribution in [-0.2, 0) is 6.54 Å². The standard InChI is InChI=1S/C18H22FN3O2/c1-11(2)10-22-12(3)15(9-20-22)18(23)21-16-6-7-24-17-5-4-13(19)8-14(16)17/h4-5,8-9,11,16H,6-7,10H2,1-3H3,(H,21,23). The Morgan fingerprint density at radius 2 is 2.29 bits per heavy atom. The second kappa shape index (κ2) is 6.63. The lowest BCUT2D eigenvalue weighted by Gasteiger charge is -2.26. The Balaban J connectivity index is 1.79. The van der Waals surface area contributed by atoms with Crippen molar-refractivity contribution in [3.8, 4) is 5.75 Å². The summed E-state index contributed by atoms with van der Waals surface area (Å²) in [4.78, 5) is 12.6. The minimum absolute atomic E-state index is 0.190. The number of benzene rings is 1. The monoisotopic (exact) mass is 331 g/mol. The Hall–Kier alpha value is -2.37. The van der Waals surface area contributed by atoms with Gasteiger partial charge in [-0.15, -0.1) is 0 Å². The van der Waals surface area contributed by atoms with E-state index >= 15 is 0 Å². The maximum Gasteiger partial charge on any atom is 0.255 e. The van der Waals surface area contributed by atoms with Crippen LogP contribution >= 0.6 is 0 Å². The number of rotatable bonds is 4. The topological polar surface area (TPSA) is 56.1 Å². The molecule has 1 N–H and O–H groups in total. The molecule has 2 aromatic rings. The number of nitrogens with zero attached hydrogens (tertiary/aromatic N) is 2. The highest BCUT2D eigenvalue weighted by molar-refractivity contribution is 5.95. The van der Waals surface area contributed by atoms with Crippen LogP contribution in [-0.4, -0.2) is 22.3 Å². The number of amides is 1. The number of carbonyl (C=O) groups is 1. The summed E-state index contributed by atoms with van der Waals surface area (Å²) in [5.74, 6) is 0.550. The molecule has 0 aliphatic carbocycles. The molecule has 6 heteroatoms. The Morgan fingerprint density at radius 1 is 1.50 bits per heavy atom. The van der Waals surface area contributed by atoms with Gasteiger partial charge in [0.1, 0.15) is 11.6 Å². The van der Waals surface area contributed by atoms with Gasteiger partial charge >= 0.3 is 0 Å². The fourth-order valence-electron chi connectivity index (χ4n) is 2.95.